The first-order valence-electron chi connectivity index (χ1n) is 6.53. The molecule has 0 fully saturated rings. The van der Waals surface area contributed by atoms with E-state index in [4.69, 9.17) is 32.4 Å². The maximum Gasteiger partial charge on any atom is 0.340 e. The van der Waals surface area contributed by atoms with Crippen LogP contribution in [0.2, 0.25) is 10.0 Å². The van der Waals surface area contributed by atoms with E-state index in [9.17, 15) is 14.0 Å². The monoisotopic (exact) mass is 359 g/mol. The zero-order valence-corrected chi connectivity index (χ0v) is 13.4. The second kappa shape index (κ2) is 7.48. The minimum Gasteiger partial charge on any atom is -0.467 e. The standard InChI is InChI=1S/C15H12Cl2FNO4/c1-8(13-3-2-4-22-13)19-14(20)7-23-15(21)9-5-12(18)11(17)6-10(9)16/h2-6,8H,7H2,1H3,(H,19,20)/t8-/m1/s1. The summed E-state index contributed by atoms with van der Waals surface area (Å²) in [4.78, 5) is 23.6. The molecule has 8 heteroatoms. The highest BCUT2D eigenvalue weighted by Crippen LogP contribution is 2.24. The summed E-state index contributed by atoms with van der Waals surface area (Å²) in [5.74, 6) is -1.70. The predicted molar refractivity (Wildman–Crippen MR) is 82.0 cm³/mol. The quantitative estimate of drug-likeness (QED) is 0.651. The number of benzene rings is 1. The third kappa shape index (κ3) is 4.46. The predicted octanol–water partition coefficient (Wildman–Crippen LogP) is 3.76. The lowest BCUT2D eigenvalue weighted by atomic mass is 10.2. The molecule has 1 N–H and O–H groups in total. The first-order chi connectivity index (χ1) is 10.9. The van der Waals surface area contributed by atoms with Crippen LogP contribution in [0.3, 0.4) is 0 Å². The summed E-state index contributed by atoms with van der Waals surface area (Å²) in [7, 11) is 0. The summed E-state index contributed by atoms with van der Waals surface area (Å²) in [6.45, 7) is 1.18. The second-order valence-electron chi connectivity index (χ2n) is 4.63. The van der Waals surface area contributed by atoms with Crippen LogP contribution in [-0.4, -0.2) is 18.5 Å². The van der Waals surface area contributed by atoms with Crippen LogP contribution in [0.4, 0.5) is 4.39 Å². The molecule has 0 bridgehead atoms. The van der Waals surface area contributed by atoms with Gasteiger partial charge in [0.1, 0.15) is 11.6 Å². The molecule has 1 atom stereocenters. The summed E-state index contributed by atoms with van der Waals surface area (Å²) in [5, 5.41) is 2.31. The van der Waals surface area contributed by atoms with Gasteiger partial charge in [-0.15, -0.1) is 0 Å². The SMILES string of the molecule is C[C@@H](NC(=O)COC(=O)c1cc(F)c(Cl)cc1Cl)c1ccco1. The normalized spacial score (nSPS) is 11.8. The lowest BCUT2D eigenvalue weighted by Crippen LogP contribution is -2.31. The van der Waals surface area contributed by atoms with Crippen LogP contribution in [0.25, 0.3) is 0 Å². The Balaban J connectivity index is 1.91. The highest BCUT2D eigenvalue weighted by Gasteiger charge is 2.18. The molecular weight excluding hydrogens is 348 g/mol. The Labute approximate surface area is 141 Å². The molecule has 0 unspecified atom stereocenters. The number of halogens is 3. The van der Waals surface area contributed by atoms with Gasteiger partial charge < -0.3 is 14.5 Å². The largest absolute Gasteiger partial charge is 0.467 e. The van der Waals surface area contributed by atoms with Crippen LogP contribution in [0, 0.1) is 5.82 Å². The molecule has 1 amide bonds. The van der Waals surface area contributed by atoms with E-state index in [-0.39, 0.29) is 21.7 Å². The van der Waals surface area contributed by atoms with Crippen molar-refractivity contribution in [2.45, 2.75) is 13.0 Å². The number of carbonyl (C=O) groups excluding carboxylic acids is 2. The molecule has 5 nitrogen and oxygen atoms in total. The van der Waals surface area contributed by atoms with Crippen LogP contribution in [0.15, 0.2) is 34.9 Å². The van der Waals surface area contributed by atoms with Gasteiger partial charge in [-0.2, -0.15) is 0 Å². The molecule has 1 heterocycles. The van der Waals surface area contributed by atoms with Gasteiger partial charge in [-0.05, 0) is 31.2 Å². The van der Waals surface area contributed by atoms with Crippen molar-refractivity contribution >= 4 is 35.1 Å². The lowest BCUT2D eigenvalue weighted by Gasteiger charge is -2.12. The summed E-state index contributed by atoms with van der Waals surface area (Å²) in [6.07, 6.45) is 1.48. The van der Waals surface area contributed by atoms with Gasteiger partial charge >= 0.3 is 5.97 Å². The van der Waals surface area contributed by atoms with Gasteiger partial charge in [-0.1, -0.05) is 23.2 Å². The Kier molecular flexibility index (Phi) is 5.63. The molecular formula is C15H12Cl2FNO4. The van der Waals surface area contributed by atoms with Crippen molar-refractivity contribution in [3.8, 4) is 0 Å². The Hall–Kier alpha value is -2.05. The van der Waals surface area contributed by atoms with Gasteiger partial charge in [-0.3, -0.25) is 4.79 Å². The van der Waals surface area contributed by atoms with Crippen molar-refractivity contribution in [2.24, 2.45) is 0 Å². The van der Waals surface area contributed by atoms with Gasteiger partial charge in [0.2, 0.25) is 0 Å². The highest BCUT2D eigenvalue weighted by molar-refractivity contribution is 6.36. The average molecular weight is 360 g/mol. The molecule has 0 aliphatic rings. The fourth-order valence-corrected chi connectivity index (χ4v) is 2.24. The number of nitrogens with one attached hydrogen (secondary N) is 1. The number of amides is 1. The maximum absolute atomic E-state index is 13.4. The molecule has 2 aromatic rings. The van der Waals surface area contributed by atoms with Crippen molar-refractivity contribution in [3.63, 3.8) is 0 Å². The molecule has 0 spiro atoms. The van der Waals surface area contributed by atoms with E-state index in [0.29, 0.717) is 5.76 Å². The Morgan fingerprint density at radius 1 is 1.35 bits per heavy atom. The number of esters is 1. The van der Waals surface area contributed by atoms with E-state index in [1.165, 1.54) is 6.26 Å². The van der Waals surface area contributed by atoms with Crippen LogP contribution in [-0.2, 0) is 9.53 Å². The fraction of sp³-hybridized carbons (Fsp3) is 0.200. The zero-order valence-electron chi connectivity index (χ0n) is 11.9. The zero-order chi connectivity index (χ0) is 17.0. The number of hydrogen-bond acceptors (Lipinski definition) is 4. The van der Waals surface area contributed by atoms with Crippen LogP contribution >= 0.6 is 23.2 Å². The van der Waals surface area contributed by atoms with Gasteiger partial charge in [-0.25, -0.2) is 9.18 Å². The Morgan fingerprint density at radius 2 is 2.09 bits per heavy atom. The molecule has 0 saturated carbocycles. The average Bonchev–Trinajstić information content (AvgIpc) is 3.03. The summed E-state index contributed by atoms with van der Waals surface area (Å²) < 4.78 is 23.3. The van der Waals surface area contributed by atoms with E-state index in [2.05, 4.69) is 5.32 Å². The Morgan fingerprint density at radius 3 is 2.74 bits per heavy atom. The van der Waals surface area contributed by atoms with E-state index >= 15 is 0 Å². The smallest absolute Gasteiger partial charge is 0.340 e. The van der Waals surface area contributed by atoms with Crippen LogP contribution in [0.1, 0.15) is 29.1 Å². The van der Waals surface area contributed by atoms with Gasteiger partial charge in [0, 0.05) is 0 Å². The topological polar surface area (TPSA) is 68.5 Å². The highest BCUT2D eigenvalue weighted by atomic mass is 35.5. The molecule has 1 aromatic heterocycles. The minimum absolute atomic E-state index is 0.0641. The molecule has 1 aromatic carbocycles. The van der Waals surface area contributed by atoms with Gasteiger partial charge in [0.25, 0.3) is 5.91 Å². The molecule has 0 aliphatic carbocycles. The molecule has 0 radical (unpaired) electrons. The summed E-state index contributed by atoms with van der Waals surface area (Å²) in [5.41, 5.74) is -0.208. The van der Waals surface area contributed by atoms with Gasteiger partial charge in [0.05, 0.1) is 27.9 Å². The molecule has 122 valence electrons. The van der Waals surface area contributed by atoms with Crippen molar-refractivity contribution in [1.82, 2.24) is 5.32 Å². The summed E-state index contributed by atoms with van der Waals surface area (Å²) in [6, 6.07) is 4.96. The number of hydrogen-bond donors (Lipinski definition) is 1. The van der Waals surface area contributed by atoms with Crippen LogP contribution < -0.4 is 5.32 Å². The van der Waals surface area contributed by atoms with E-state index < -0.39 is 24.3 Å². The number of rotatable bonds is 5. The molecule has 2 rings (SSSR count). The third-order valence-electron chi connectivity index (χ3n) is 2.91. The van der Waals surface area contributed by atoms with Crippen molar-refractivity contribution < 1.29 is 23.1 Å². The van der Waals surface area contributed by atoms with Crippen molar-refractivity contribution in [3.05, 3.63) is 57.7 Å². The van der Waals surface area contributed by atoms with E-state index in [1.54, 1.807) is 19.1 Å². The third-order valence-corrected chi connectivity index (χ3v) is 3.51. The number of carbonyl (C=O) groups is 2. The number of furan rings is 1. The first-order valence-corrected chi connectivity index (χ1v) is 7.28. The van der Waals surface area contributed by atoms with Gasteiger partial charge in [0.15, 0.2) is 6.61 Å². The number of ether oxygens (including phenoxy) is 1. The summed E-state index contributed by atoms with van der Waals surface area (Å²) >= 11 is 11.3. The van der Waals surface area contributed by atoms with Crippen molar-refractivity contribution in [1.29, 1.82) is 0 Å². The Bertz CT molecular complexity index is 719. The molecule has 0 saturated heterocycles. The van der Waals surface area contributed by atoms with Crippen LogP contribution in [0.5, 0.6) is 0 Å². The van der Waals surface area contributed by atoms with E-state index in [0.717, 1.165) is 12.1 Å². The lowest BCUT2D eigenvalue weighted by molar-refractivity contribution is -0.125. The minimum atomic E-state index is -0.925. The molecule has 0 aliphatic heterocycles. The van der Waals surface area contributed by atoms with Crippen molar-refractivity contribution in [2.75, 3.05) is 6.61 Å². The van der Waals surface area contributed by atoms with E-state index in [1.807, 2.05) is 0 Å². The first kappa shape index (κ1) is 17.3. The fourth-order valence-electron chi connectivity index (χ4n) is 1.78. The molecule has 23 heavy (non-hydrogen) atoms. The maximum atomic E-state index is 13.4. The second-order valence-corrected chi connectivity index (χ2v) is 5.44.